The van der Waals surface area contributed by atoms with E-state index in [9.17, 15) is 4.79 Å². The van der Waals surface area contributed by atoms with Gasteiger partial charge in [0.05, 0.1) is 6.20 Å². The predicted octanol–water partition coefficient (Wildman–Crippen LogP) is 0.0628. The summed E-state index contributed by atoms with van der Waals surface area (Å²) in [5.41, 5.74) is 1.38. The first kappa shape index (κ1) is 8.49. The molecule has 3 N–H and O–H groups in total. The predicted molar refractivity (Wildman–Crippen MR) is 48.3 cm³/mol. The molecule has 72 valence electrons. The van der Waals surface area contributed by atoms with Gasteiger partial charge in [0.25, 0.3) is 5.91 Å². The van der Waals surface area contributed by atoms with Gasteiger partial charge in [-0.2, -0.15) is 10.2 Å². The van der Waals surface area contributed by atoms with Crippen LogP contribution in [0.1, 0.15) is 16.1 Å². The van der Waals surface area contributed by atoms with E-state index >= 15 is 0 Å². The fourth-order valence-corrected chi connectivity index (χ4v) is 1.03. The van der Waals surface area contributed by atoms with E-state index in [1.807, 2.05) is 0 Å². The number of nitrogens with one attached hydrogen (secondary N) is 3. The van der Waals surface area contributed by atoms with E-state index in [1.165, 1.54) is 6.20 Å². The second-order valence-corrected chi connectivity index (χ2v) is 2.76. The van der Waals surface area contributed by atoms with Crippen molar-refractivity contribution >= 4 is 5.91 Å². The Morgan fingerprint density at radius 1 is 1.50 bits per heavy atom. The molecule has 2 rings (SSSR count). The highest BCUT2D eigenvalue weighted by Gasteiger charge is 2.05. The second-order valence-electron chi connectivity index (χ2n) is 2.76. The first-order valence-electron chi connectivity index (χ1n) is 4.11. The third kappa shape index (κ3) is 1.79. The number of aromatic nitrogens is 4. The zero-order valence-electron chi connectivity index (χ0n) is 7.32. The van der Waals surface area contributed by atoms with Gasteiger partial charge in [0.2, 0.25) is 0 Å². The highest BCUT2D eigenvalue weighted by molar-refractivity contribution is 5.91. The number of aromatic amines is 2. The smallest absolute Gasteiger partial charge is 0.269 e. The van der Waals surface area contributed by atoms with Crippen LogP contribution in [-0.2, 0) is 6.54 Å². The van der Waals surface area contributed by atoms with E-state index in [0.29, 0.717) is 12.2 Å². The SMILES string of the molecule is O=C(NCc1cn[nH]c1)c1ccn[nH]1. The molecule has 0 saturated carbocycles. The van der Waals surface area contributed by atoms with Gasteiger partial charge in [-0.1, -0.05) is 0 Å². The van der Waals surface area contributed by atoms with Crippen LogP contribution >= 0.6 is 0 Å². The van der Waals surface area contributed by atoms with E-state index in [-0.39, 0.29) is 5.91 Å². The Morgan fingerprint density at radius 3 is 3.07 bits per heavy atom. The van der Waals surface area contributed by atoms with Gasteiger partial charge in [0.1, 0.15) is 5.69 Å². The quantitative estimate of drug-likeness (QED) is 0.641. The Balaban J connectivity index is 1.90. The number of nitrogens with zero attached hydrogens (tertiary/aromatic N) is 2. The lowest BCUT2D eigenvalue weighted by Crippen LogP contribution is -2.22. The van der Waals surface area contributed by atoms with Gasteiger partial charge in [-0.25, -0.2) is 0 Å². The molecule has 6 heteroatoms. The Morgan fingerprint density at radius 2 is 2.43 bits per heavy atom. The van der Waals surface area contributed by atoms with Crippen molar-refractivity contribution in [2.24, 2.45) is 0 Å². The monoisotopic (exact) mass is 191 g/mol. The Hall–Kier alpha value is -2.11. The molecular weight excluding hydrogens is 182 g/mol. The molecule has 2 aromatic rings. The lowest BCUT2D eigenvalue weighted by molar-refractivity contribution is 0.0946. The maximum atomic E-state index is 11.4. The average molecular weight is 191 g/mol. The minimum atomic E-state index is -0.177. The van der Waals surface area contributed by atoms with Crippen LogP contribution in [0.3, 0.4) is 0 Å². The zero-order chi connectivity index (χ0) is 9.80. The highest BCUT2D eigenvalue weighted by atomic mass is 16.1. The van der Waals surface area contributed by atoms with Crippen LogP contribution in [-0.4, -0.2) is 26.3 Å². The summed E-state index contributed by atoms with van der Waals surface area (Å²) in [4.78, 5) is 11.4. The molecule has 0 fully saturated rings. The second kappa shape index (κ2) is 3.73. The number of rotatable bonds is 3. The first-order valence-corrected chi connectivity index (χ1v) is 4.11. The molecule has 0 spiro atoms. The summed E-state index contributed by atoms with van der Waals surface area (Å²) in [5.74, 6) is -0.177. The number of hydrogen-bond acceptors (Lipinski definition) is 3. The number of H-pyrrole nitrogens is 2. The van der Waals surface area contributed by atoms with Crippen LogP contribution in [0.2, 0.25) is 0 Å². The molecule has 0 aromatic carbocycles. The molecule has 14 heavy (non-hydrogen) atoms. The Bertz CT molecular complexity index is 391. The molecule has 2 aromatic heterocycles. The maximum Gasteiger partial charge on any atom is 0.269 e. The lowest BCUT2D eigenvalue weighted by Gasteiger charge is -1.99. The van der Waals surface area contributed by atoms with E-state index < -0.39 is 0 Å². The summed E-state index contributed by atoms with van der Waals surface area (Å²) in [7, 11) is 0. The zero-order valence-corrected chi connectivity index (χ0v) is 7.32. The largest absolute Gasteiger partial charge is 0.347 e. The molecule has 0 atom stereocenters. The number of hydrogen-bond donors (Lipinski definition) is 3. The fraction of sp³-hybridized carbons (Fsp3) is 0.125. The number of carbonyl (C=O) groups excluding carboxylic acids is 1. The Labute approximate surface area is 79.7 Å². The van der Waals surface area contributed by atoms with Crippen molar-refractivity contribution in [2.75, 3.05) is 0 Å². The standard InChI is InChI=1S/C8H9N5O/c14-8(7-1-2-10-13-7)9-3-6-4-11-12-5-6/h1-2,4-5H,3H2,(H,9,14)(H,10,13)(H,11,12). The Kier molecular flexibility index (Phi) is 2.26. The van der Waals surface area contributed by atoms with Crippen LogP contribution in [0, 0.1) is 0 Å². The van der Waals surface area contributed by atoms with Gasteiger partial charge in [-0.15, -0.1) is 0 Å². The maximum absolute atomic E-state index is 11.4. The van der Waals surface area contributed by atoms with Crippen LogP contribution in [0.25, 0.3) is 0 Å². The fourth-order valence-electron chi connectivity index (χ4n) is 1.03. The molecule has 0 aliphatic rings. The van der Waals surface area contributed by atoms with E-state index in [1.54, 1.807) is 18.5 Å². The molecule has 1 amide bonds. The van der Waals surface area contributed by atoms with Gasteiger partial charge in [0.15, 0.2) is 0 Å². The molecule has 0 saturated heterocycles. The topological polar surface area (TPSA) is 86.5 Å². The summed E-state index contributed by atoms with van der Waals surface area (Å²) >= 11 is 0. The molecular formula is C8H9N5O. The third-order valence-corrected chi connectivity index (χ3v) is 1.75. The number of amides is 1. The first-order chi connectivity index (χ1) is 6.86. The van der Waals surface area contributed by atoms with Gasteiger partial charge >= 0.3 is 0 Å². The molecule has 0 aliphatic carbocycles. The summed E-state index contributed by atoms with van der Waals surface area (Å²) in [5, 5.41) is 15.4. The van der Waals surface area contributed by atoms with Crippen molar-refractivity contribution < 1.29 is 4.79 Å². The molecule has 0 bridgehead atoms. The van der Waals surface area contributed by atoms with Crippen LogP contribution in [0.5, 0.6) is 0 Å². The molecule has 2 heterocycles. The van der Waals surface area contributed by atoms with Crippen molar-refractivity contribution in [3.8, 4) is 0 Å². The third-order valence-electron chi connectivity index (χ3n) is 1.75. The minimum Gasteiger partial charge on any atom is -0.347 e. The van der Waals surface area contributed by atoms with E-state index in [0.717, 1.165) is 5.56 Å². The summed E-state index contributed by atoms with van der Waals surface area (Å²) in [6.07, 6.45) is 4.92. The van der Waals surface area contributed by atoms with Crippen molar-refractivity contribution in [3.05, 3.63) is 35.9 Å². The lowest BCUT2D eigenvalue weighted by atomic mass is 10.3. The molecule has 0 unspecified atom stereocenters. The molecule has 6 nitrogen and oxygen atoms in total. The average Bonchev–Trinajstić information content (AvgIpc) is 2.87. The summed E-state index contributed by atoms with van der Waals surface area (Å²) in [6, 6.07) is 1.62. The number of carbonyl (C=O) groups is 1. The van der Waals surface area contributed by atoms with Crippen molar-refractivity contribution in [3.63, 3.8) is 0 Å². The van der Waals surface area contributed by atoms with E-state index in [4.69, 9.17) is 0 Å². The molecule has 0 radical (unpaired) electrons. The summed E-state index contributed by atoms with van der Waals surface area (Å²) < 4.78 is 0. The van der Waals surface area contributed by atoms with Gasteiger partial charge in [-0.05, 0) is 6.07 Å². The highest BCUT2D eigenvalue weighted by Crippen LogP contribution is 1.95. The van der Waals surface area contributed by atoms with Gasteiger partial charge in [0, 0.05) is 24.5 Å². The van der Waals surface area contributed by atoms with Crippen LogP contribution in [0.4, 0.5) is 0 Å². The molecule has 0 aliphatic heterocycles. The normalized spacial score (nSPS) is 10.0. The van der Waals surface area contributed by atoms with E-state index in [2.05, 4.69) is 25.7 Å². The summed E-state index contributed by atoms with van der Waals surface area (Å²) in [6.45, 7) is 0.453. The van der Waals surface area contributed by atoms with Crippen molar-refractivity contribution in [2.45, 2.75) is 6.54 Å². The van der Waals surface area contributed by atoms with Crippen LogP contribution < -0.4 is 5.32 Å². The van der Waals surface area contributed by atoms with Crippen LogP contribution in [0.15, 0.2) is 24.7 Å². The van der Waals surface area contributed by atoms with Crippen molar-refractivity contribution in [1.29, 1.82) is 0 Å². The van der Waals surface area contributed by atoms with Crippen molar-refractivity contribution in [1.82, 2.24) is 25.7 Å². The van der Waals surface area contributed by atoms with Gasteiger partial charge in [-0.3, -0.25) is 15.0 Å². The van der Waals surface area contributed by atoms with Gasteiger partial charge < -0.3 is 5.32 Å². The minimum absolute atomic E-state index is 0.177.